The van der Waals surface area contributed by atoms with Crippen molar-refractivity contribution in [3.63, 3.8) is 0 Å². The Labute approximate surface area is 109 Å². The average molecular weight is 246 g/mol. The fourth-order valence-corrected chi connectivity index (χ4v) is 2.99. The molecule has 1 aromatic rings. The minimum atomic E-state index is 0.358. The molecule has 0 radical (unpaired) electrons. The molecular formula is C15H22N2O. The summed E-state index contributed by atoms with van der Waals surface area (Å²) in [6.07, 6.45) is 3.91. The third-order valence-electron chi connectivity index (χ3n) is 3.98. The second-order valence-corrected chi connectivity index (χ2v) is 5.46. The number of rotatable bonds is 2. The molecule has 0 aromatic heterocycles. The van der Waals surface area contributed by atoms with Gasteiger partial charge in [-0.1, -0.05) is 12.1 Å². The Morgan fingerprint density at radius 1 is 1.39 bits per heavy atom. The lowest BCUT2D eigenvalue weighted by Gasteiger charge is -2.31. The predicted octanol–water partition coefficient (Wildman–Crippen LogP) is 1.81. The van der Waals surface area contributed by atoms with Crippen LogP contribution in [0.1, 0.15) is 24.0 Å². The van der Waals surface area contributed by atoms with Crippen LogP contribution in [0.25, 0.3) is 0 Å². The first-order valence-corrected chi connectivity index (χ1v) is 6.99. The minimum absolute atomic E-state index is 0.358. The molecule has 3 rings (SSSR count). The quantitative estimate of drug-likeness (QED) is 0.861. The van der Waals surface area contributed by atoms with E-state index in [-0.39, 0.29) is 0 Å². The Kier molecular flexibility index (Phi) is 3.52. The van der Waals surface area contributed by atoms with Crippen LogP contribution in [0.3, 0.4) is 0 Å². The molecule has 0 spiro atoms. The number of likely N-dealkylation sites (tertiary alicyclic amines) is 1. The maximum Gasteiger partial charge on any atom is 0.124 e. The van der Waals surface area contributed by atoms with E-state index in [1.165, 1.54) is 30.5 Å². The van der Waals surface area contributed by atoms with Gasteiger partial charge in [0.15, 0.2) is 0 Å². The minimum Gasteiger partial charge on any atom is -0.489 e. The van der Waals surface area contributed by atoms with Crippen molar-refractivity contribution in [1.29, 1.82) is 0 Å². The molecule has 1 fully saturated rings. The third kappa shape index (κ3) is 2.52. The summed E-state index contributed by atoms with van der Waals surface area (Å²) in [5.74, 6) is 1.10. The van der Waals surface area contributed by atoms with Gasteiger partial charge in [0.1, 0.15) is 11.9 Å². The molecular weight excluding hydrogens is 224 g/mol. The van der Waals surface area contributed by atoms with Crippen LogP contribution < -0.4 is 10.1 Å². The van der Waals surface area contributed by atoms with Gasteiger partial charge >= 0.3 is 0 Å². The first kappa shape index (κ1) is 12.0. The second-order valence-electron chi connectivity index (χ2n) is 5.46. The Morgan fingerprint density at radius 2 is 2.33 bits per heavy atom. The van der Waals surface area contributed by atoms with Gasteiger partial charge in [-0.25, -0.2) is 0 Å². The van der Waals surface area contributed by atoms with Gasteiger partial charge in [-0.3, -0.25) is 0 Å². The van der Waals surface area contributed by atoms with Crippen LogP contribution >= 0.6 is 0 Å². The number of likely N-dealkylation sites (N-methyl/N-ethyl adjacent to an activating group) is 1. The molecule has 1 unspecified atom stereocenters. The molecule has 1 aromatic carbocycles. The van der Waals surface area contributed by atoms with Crippen molar-refractivity contribution in [3.8, 4) is 5.75 Å². The molecule has 0 bridgehead atoms. The van der Waals surface area contributed by atoms with Crippen molar-refractivity contribution in [2.24, 2.45) is 0 Å². The van der Waals surface area contributed by atoms with Gasteiger partial charge in [-0.2, -0.15) is 0 Å². The fourth-order valence-electron chi connectivity index (χ4n) is 2.99. The van der Waals surface area contributed by atoms with Crippen LogP contribution in [0.2, 0.25) is 0 Å². The topological polar surface area (TPSA) is 24.5 Å². The van der Waals surface area contributed by atoms with E-state index in [9.17, 15) is 0 Å². The van der Waals surface area contributed by atoms with E-state index < -0.39 is 0 Å². The highest BCUT2D eigenvalue weighted by molar-refractivity contribution is 5.41. The molecule has 0 amide bonds. The van der Waals surface area contributed by atoms with Gasteiger partial charge < -0.3 is 15.0 Å². The summed E-state index contributed by atoms with van der Waals surface area (Å²) in [4.78, 5) is 2.36. The zero-order chi connectivity index (χ0) is 12.4. The summed E-state index contributed by atoms with van der Waals surface area (Å²) in [7, 11) is 2.18. The number of nitrogens with one attached hydrogen (secondary N) is 1. The summed E-state index contributed by atoms with van der Waals surface area (Å²) < 4.78 is 6.24. The van der Waals surface area contributed by atoms with Crippen LogP contribution in [-0.2, 0) is 13.0 Å². The molecule has 3 heteroatoms. The number of fused-ring (bicyclic) bond motifs is 1. The number of nitrogens with zero attached hydrogens (tertiary/aromatic N) is 1. The van der Waals surface area contributed by atoms with E-state index in [0.717, 1.165) is 31.8 Å². The Morgan fingerprint density at radius 3 is 3.22 bits per heavy atom. The maximum atomic E-state index is 6.24. The van der Waals surface area contributed by atoms with Crippen molar-refractivity contribution in [1.82, 2.24) is 10.2 Å². The number of benzene rings is 1. The second kappa shape index (κ2) is 5.29. The largest absolute Gasteiger partial charge is 0.489 e. The van der Waals surface area contributed by atoms with Crippen LogP contribution in [0, 0.1) is 0 Å². The summed E-state index contributed by atoms with van der Waals surface area (Å²) >= 11 is 0. The van der Waals surface area contributed by atoms with Crippen molar-refractivity contribution in [3.05, 3.63) is 29.3 Å². The zero-order valence-electron chi connectivity index (χ0n) is 11.1. The van der Waals surface area contributed by atoms with E-state index in [1.807, 2.05) is 0 Å². The number of hydrogen-bond donors (Lipinski definition) is 1. The smallest absolute Gasteiger partial charge is 0.124 e. The van der Waals surface area contributed by atoms with Gasteiger partial charge in [0, 0.05) is 18.7 Å². The SMILES string of the molecule is CN1CCCC(Oc2cccc3c2CNCC3)C1. The summed E-state index contributed by atoms with van der Waals surface area (Å²) in [5.41, 5.74) is 2.83. The van der Waals surface area contributed by atoms with E-state index in [1.54, 1.807) is 0 Å². The molecule has 2 heterocycles. The lowest BCUT2D eigenvalue weighted by Crippen LogP contribution is -2.39. The fraction of sp³-hybridized carbons (Fsp3) is 0.600. The molecule has 18 heavy (non-hydrogen) atoms. The highest BCUT2D eigenvalue weighted by Gasteiger charge is 2.21. The summed E-state index contributed by atoms with van der Waals surface area (Å²) in [6, 6.07) is 6.49. The number of piperidine rings is 1. The van der Waals surface area contributed by atoms with Crippen molar-refractivity contribution in [2.45, 2.75) is 31.9 Å². The molecule has 3 nitrogen and oxygen atoms in total. The van der Waals surface area contributed by atoms with Gasteiger partial charge in [0.2, 0.25) is 0 Å². The van der Waals surface area contributed by atoms with Crippen LogP contribution in [-0.4, -0.2) is 37.7 Å². The van der Waals surface area contributed by atoms with Crippen LogP contribution in [0.4, 0.5) is 0 Å². The first-order valence-electron chi connectivity index (χ1n) is 6.99. The molecule has 0 saturated carbocycles. The van der Waals surface area contributed by atoms with E-state index in [4.69, 9.17) is 4.74 Å². The number of hydrogen-bond acceptors (Lipinski definition) is 3. The van der Waals surface area contributed by atoms with Crippen molar-refractivity contribution >= 4 is 0 Å². The highest BCUT2D eigenvalue weighted by Crippen LogP contribution is 2.27. The van der Waals surface area contributed by atoms with Gasteiger partial charge in [0.25, 0.3) is 0 Å². The molecule has 1 saturated heterocycles. The predicted molar refractivity (Wildman–Crippen MR) is 73.0 cm³/mol. The van der Waals surface area contributed by atoms with Crippen molar-refractivity contribution < 1.29 is 4.74 Å². The maximum absolute atomic E-state index is 6.24. The normalized spacial score (nSPS) is 24.6. The molecule has 0 aliphatic carbocycles. The van der Waals surface area contributed by atoms with Crippen molar-refractivity contribution in [2.75, 3.05) is 26.7 Å². The Balaban J connectivity index is 1.76. The highest BCUT2D eigenvalue weighted by atomic mass is 16.5. The molecule has 98 valence electrons. The molecule has 1 N–H and O–H groups in total. The Bertz CT molecular complexity index is 419. The zero-order valence-corrected chi connectivity index (χ0v) is 11.1. The standard InChI is InChI=1S/C15H22N2O/c1-17-9-3-5-13(11-17)18-15-6-2-4-12-7-8-16-10-14(12)15/h2,4,6,13,16H,3,5,7-11H2,1H3. The van der Waals surface area contributed by atoms with E-state index >= 15 is 0 Å². The van der Waals surface area contributed by atoms with E-state index in [2.05, 4.69) is 35.5 Å². The molecule has 1 atom stereocenters. The molecule has 2 aliphatic heterocycles. The monoisotopic (exact) mass is 246 g/mol. The molecule has 2 aliphatic rings. The van der Waals surface area contributed by atoms with Gasteiger partial charge in [-0.15, -0.1) is 0 Å². The first-order chi connectivity index (χ1) is 8.83. The van der Waals surface area contributed by atoms with E-state index in [0.29, 0.717) is 6.10 Å². The lowest BCUT2D eigenvalue weighted by atomic mass is 10.00. The van der Waals surface area contributed by atoms with Gasteiger partial charge in [-0.05, 0) is 51.0 Å². The number of ether oxygens (including phenoxy) is 1. The average Bonchev–Trinajstić information content (AvgIpc) is 2.39. The lowest BCUT2D eigenvalue weighted by molar-refractivity contribution is 0.103. The summed E-state index contributed by atoms with van der Waals surface area (Å²) in [6.45, 7) is 4.29. The van der Waals surface area contributed by atoms with Crippen LogP contribution in [0.15, 0.2) is 18.2 Å². The summed E-state index contributed by atoms with van der Waals surface area (Å²) in [5, 5.41) is 3.44. The Hall–Kier alpha value is -1.06. The third-order valence-corrected chi connectivity index (χ3v) is 3.98. The van der Waals surface area contributed by atoms with Gasteiger partial charge in [0.05, 0.1) is 0 Å². The van der Waals surface area contributed by atoms with Crippen LogP contribution in [0.5, 0.6) is 5.75 Å².